The summed E-state index contributed by atoms with van der Waals surface area (Å²) in [7, 11) is 1.84. The summed E-state index contributed by atoms with van der Waals surface area (Å²) in [5.41, 5.74) is 3.57. The summed E-state index contributed by atoms with van der Waals surface area (Å²) >= 11 is 5.92. The highest BCUT2D eigenvalue weighted by atomic mass is 35.5. The Hall–Kier alpha value is -3.84. The van der Waals surface area contributed by atoms with E-state index < -0.39 is 5.97 Å². The number of rotatable bonds is 4. The Balaban J connectivity index is 1.58. The number of aromatic carboxylic acids is 1. The Kier molecular flexibility index (Phi) is 4.18. The summed E-state index contributed by atoms with van der Waals surface area (Å²) < 4.78 is 7.65. The second-order valence-corrected chi connectivity index (χ2v) is 7.25. The van der Waals surface area contributed by atoms with Crippen LogP contribution in [0.3, 0.4) is 0 Å². The SMILES string of the molecule is Cn1nc2cc(Oc3ccc(Cl)cc3)ccc2c1-c1cc2nccc(C(=O)O)c2[nH]1. The van der Waals surface area contributed by atoms with Gasteiger partial charge in [0.05, 0.1) is 33.5 Å². The summed E-state index contributed by atoms with van der Waals surface area (Å²) in [4.78, 5) is 19.0. The minimum atomic E-state index is -1.00. The molecule has 0 atom stereocenters. The fraction of sp³-hybridized carbons (Fsp3) is 0.0455. The third-order valence-corrected chi connectivity index (χ3v) is 5.11. The highest BCUT2D eigenvalue weighted by molar-refractivity contribution is 6.30. The molecule has 0 radical (unpaired) electrons. The Bertz CT molecular complexity index is 1420. The van der Waals surface area contributed by atoms with Gasteiger partial charge in [0.15, 0.2) is 0 Å². The highest BCUT2D eigenvalue weighted by Gasteiger charge is 2.17. The van der Waals surface area contributed by atoms with Crippen LogP contribution >= 0.6 is 11.6 Å². The average molecular weight is 419 g/mol. The van der Waals surface area contributed by atoms with Crippen molar-refractivity contribution in [1.82, 2.24) is 19.7 Å². The Morgan fingerprint density at radius 2 is 1.83 bits per heavy atom. The van der Waals surface area contributed by atoms with Gasteiger partial charge in [0.2, 0.25) is 0 Å². The summed E-state index contributed by atoms with van der Waals surface area (Å²) in [6.45, 7) is 0. The molecule has 3 aromatic heterocycles. The van der Waals surface area contributed by atoms with E-state index in [-0.39, 0.29) is 5.56 Å². The maximum absolute atomic E-state index is 11.5. The molecule has 2 N–H and O–H groups in total. The molecule has 5 aromatic rings. The molecule has 7 nitrogen and oxygen atoms in total. The van der Waals surface area contributed by atoms with Gasteiger partial charge >= 0.3 is 5.97 Å². The van der Waals surface area contributed by atoms with Crippen molar-refractivity contribution in [2.75, 3.05) is 0 Å². The van der Waals surface area contributed by atoms with Gasteiger partial charge in [0.25, 0.3) is 0 Å². The van der Waals surface area contributed by atoms with E-state index in [2.05, 4.69) is 15.1 Å². The molecule has 0 amide bonds. The second-order valence-electron chi connectivity index (χ2n) is 6.81. The molecule has 0 aliphatic heterocycles. The summed E-state index contributed by atoms with van der Waals surface area (Å²) in [6, 6.07) is 16.1. The van der Waals surface area contributed by atoms with Gasteiger partial charge in [-0.25, -0.2) is 4.79 Å². The van der Waals surface area contributed by atoms with Gasteiger partial charge in [-0.05, 0) is 48.5 Å². The van der Waals surface area contributed by atoms with Crippen LogP contribution < -0.4 is 4.74 Å². The number of pyridine rings is 1. The molecule has 0 unspecified atom stereocenters. The van der Waals surface area contributed by atoms with E-state index in [1.165, 1.54) is 12.3 Å². The zero-order chi connectivity index (χ0) is 20.8. The summed E-state index contributed by atoms with van der Waals surface area (Å²) in [5, 5.41) is 15.6. The standard InChI is InChI=1S/C22H15ClN4O3/c1-27-21(19-11-18-20(25-19)16(22(28)29)8-9-24-18)15-7-6-14(10-17(15)26-27)30-13-4-2-12(23)3-5-13/h2-11,25H,1H3,(H,28,29). The van der Waals surface area contributed by atoms with Gasteiger partial charge < -0.3 is 14.8 Å². The lowest BCUT2D eigenvalue weighted by molar-refractivity contribution is 0.0698. The number of nitrogens with zero attached hydrogens (tertiary/aromatic N) is 3. The number of ether oxygens (including phenoxy) is 1. The first-order valence-electron chi connectivity index (χ1n) is 9.11. The Morgan fingerprint density at radius 1 is 1.07 bits per heavy atom. The first kappa shape index (κ1) is 18.2. The fourth-order valence-electron chi connectivity index (χ4n) is 3.53. The number of aromatic amines is 1. The minimum Gasteiger partial charge on any atom is -0.478 e. The molecule has 0 aliphatic carbocycles. The van der Waals surface area contributed by atoms with Crippen molar-refractivity contribution in [2.24, 2.45) is 7.05 Å². The minimum absolute atomic E-state index is 0.177. The molecule has 3 heterocycles. The number of benzene rings is 2. The molecule has 0 saturated carbocycles. The van der Waals surface area contributed by atoms with Gasteiger partial charge in [0, 0.05) is 29.7 Å². The van der Waals surface area contributed by atoms with Crippen molar-refractivity contribution in [1.29, 1.82) is 0 Å². The molecule has 148 valence electrons. The predicted molar refractivity (Wildman–Crippen MR) is 114 cm³/mol. The molecular formula is C22H15ClN4O3. The normalized spacial score (nSPS) is 11.3. The third kappa shape index (κ3) is 3.05. The monoisotopic (exact) mass is 418 g/mol. The number of carboxylic acids is 1. The van der Waals surface area contributed by atoms with Gasteiger partial charge in [-0.1, -0.05) is 11.6 Å². The number of H-pyrrole nitrogens is 1. The van der Waals surface area contributed by atoms with Crippen molar-refractivity contribution in [3.8, 4) is 22.9 Å². The van der Waals surface area contributed by atoms with Crippen molar-refractivity contribution >= 4 is 39.5 Å². The van der Waals surface area contributed by atoms with Gasteiger partial charge in [0.1, 0.15) is 11.5 Å². The van der Waals surface area contributed by atoms with Crippen LogP contribution in [0.2, 0.25) is 5.02 Å². The van der Waals surface area contributed by atoms with E-state index in [9.17, 15) is 9.90 Å². The van der Waals surface area contributed by atoms with Crippen LogP contribution in [0.15, 0.2) is 60.8 Å². The molecule has 0 bridgehead atoms. The number of aryl methyl sites for hydroxylation is 1. The number of nitrogens with one attached hydrogen (secondary N) is 1. The van der Waals surface area contributed by atoms with Crippen LogP contribution in [-0.4, -0.2) is 30.8 Å². The molecule has 0 aliphatic rings. The zero-order valence-corrected chi connectivity index (χ0v) is 16.5. The second kappa shape index (κ2) is 6.89. The molecule has 5 rings (SSSR count). The number of fused-ring (bicyclic) bond motifs is 2. The van der Waals surface area contributed by atoms with E-state index in [1.54, 1.807) is 28.9 Å². The number of hydrogen-bond acceptors (Lipinski definition) is 4. The Morgan fingerprint density at radius 3 is 2.60 bits per heavy atom. The first-order valence-corrected chi connectivity index (χ1v) is 9.49. The van der Waals surface area contributed by atoms with E-state index in [1.807, 2.05) is 31.3 Å². The van der Waals surface area contributed by atoms with E-state index in [0.29, 0.717) is 27.6 Å². The van der Waals surface area contributed by atoms with Crippen LogP contribution in [0.4, 0.5) is 0 Å². The van der Waals surface area contributed by atoms with E-state index in [4.69, 9.17) is 16.3 Å². The number of carboxylic acid groups (broad SMARTS) is 1. The van der Waals surface area contributed by atoms with Gasteiger partial charge in [-0.3, -0.25) is 9.67 Å². The van der Waals surface area contributed by atoms with Crippen molar-refractivity contribution < 1.29 is 14.6 Å². The average Bonchev–Trinajstić information content (AvgIpc) is 3.28. The Labute approximate surface area is 175 Å². The molecule has 8 heteroatoms. The van der Waals surface area contributed by atoms with E-state index >= 15 is 0 Å². The topological polar surface area (TPSA) is 93.0 Å². The lowest BCUT2D eigenvalue weighted by atomic mass is 10.1. The largest absolute Gasteiger partial charge is 0.478 e. The fourth-order valence-corrected chi connectivity index (χ4v) is 3.66. The van der Waals surface area contributed by atoms with Gasteiger partial charge in [-0.15, -0.1) is 0 Å². The first-order chi connectivity index (χ1) is 14.5. The molecule has 0 spiro atoms. The number of halogens is 1. The van der Waals surface area contributed by atoms with Crippen LogP contribution in [0.25, 0.3) is 33.3 Å². The van der Waals surface area contributed by atoms with Crippen molar-refractivity contribution in [3.05, 3.63) is 71.4 Å². The number of hydrogen-bond donors (Lipinski definition) is 2. The van der Waals surface area contributed by atoms with Gasteiger partial charge in [-0.2, -0.15) is 5.10 Å². The highest BCUT2D eigenvalue weighted by Crippen LogP contribution is 2.33. The van der Waals surface area contributed by atoms with Crippen LogP contribution in [0.1, 0.15) is 10.4 Å². The lowest BCUT2D eigenvalue weighted by Gasteiger charge is -2.05. The van der Waals surface area contributed by atoms with Crippen LogP contribution in [-0.2, 0) is 7.05 Å². The number of carbonyl (C=O) groups is 1. The van der Waals surface area contributed by atoms with Crippen molar-refractivity contribution in [3.63, 3.8) is 0 Å². The predicted octanol–water partition coefficient (Wildman–Crippen LogP) is 5.26. The molecule has 2 aromatic carbocycles. The maximum Gasteiger partial charge on any atom is 0.337 e. The van der Waals surface area contributed by atoms with Crippen LogP contribution in [0.5, 0.6) is 11.5 Å². The zero-order valence-electron chi connectivity index (χ0n) is 15.8. The van der Waals surface area contributed by atoms with Crippen molar-refractivity contribution in [2.45, 2.75) is 0 Å². The summed E-state index contributed by atoms with van der Waals surface area (Å²) in [5.74, 6) is 0.327. The molecule has 0 fully saturated rings. The molecule has 0 saturated heterocycles. The van der Waals surface area contributed by atoms with E-state index in [0.717, 1.165) is 22.3 Å². The molecular weight excluding hydrogens is 404 g/mol. The quantitative estimate of drug-likeness (QED) is 0.415. The third-order valence-electron chi connectivity index (χ3n) is 4.86. The van der Waals surface area contributed by atoms with Crippen LogP contribution in [0, 0.1) is 0 Å². The number of aromatic nitrogens is 4. The maximum atomic E-state index is 11.5. The smallest absolute Gasteiger partial charge is 0.337 e. The molecule has 30 heavy (non-hydrogen) atoms. The lowest BCUT2D eigenvalue weighted by Crippen LogP contribution is -1.98. The summed E-state index contributed by atoms with van der Waals surface area (Å²) in [6.07, 6.45) is 1.49.